The molecule has 0 radical (unpaired) electrons. The Labute approximate surface area is 235 Å². The van der Waals surface area contributed by atoms with Crippen LogP contribution in [0.1, 0.15) is 23.9 Å². The van der Waals surface area contributed by atoms with Gasteiger partial charge in [-0.3, -0.25) is 14.7 Å². The van der Waals surface area contributed by atoms with Crippen LogP contribution in [0.5, 0.6) is 11.8 Å². The van der Waals surface area contributed by atoms with Crippen LogP contribution in [-0.4, -0.2) is 90.7 Å². The Hall–Kier alpha value is -3.39. The molecule has 2 aliphatic heterocycles. The zero-order chi connectivity index (χ0) is 27.8. The zero-order valence-electron chi connectivity index (χ0n) is 23.0. The largest absolute Gasteiger partial charge is 0.473 e. The van der Waals surface area contributed by atoms with Gasteiger partial charge in [-0.05, 0) is 54.6 Å². The van der Waals surface area contributed by atoms with Crippen molar-refractivity contribution in [2.24, 2.45) is 7.05 Å². The summed E-state index contributed by atoms with van der Waals surface area (Å²) in [5.41, 5.74) is 5.38. The van der Waals surface area contributed by atoms with Crippen molar-refractivity contribution in [3.63, 3.8) is 0 Å². The van der Waals surface area contributed by atoms with Crippen molar-refractivity contribution < 1.29 is 18.9 Å². The lowest BCUT2D eigenvalue weighted by atomic mass is 10.1. The summed E-state index contributed by atoms with van der Waals surface area (Å²) in [6.07, 6.45) is 7.81. The molecule has 4 aromatic rings. The van der Waals surface area contributed by atoms with E-state index in [1.165, 1.54) is 0 Å². The van der Waals surface area contributed by atoms with Crippen molar-refractivity contribution in [2.45, 2.75) is 32.2 Å². The van der Waals surface area contributed by atoms with Gasteiger partial charge in [0.05, 0.1) is 40.8 Å². The Morgan fingerprint density at radius 2 is 2.05 bits per heavy atom. The van der Waals surface area contributed by atoms with Crippen molar-refractivity contribution in [3.05, 3.63) is 41.3 Å². The van der Waals surface area contributed by atoms with Crippen LogP contribution in [0.25, 0.3) is 34.2 Å². The first kappa shape index (κ1) is 26.8. The predicted octanol–water partition coefficient (Wildman–Crippen LogP) is 3.79. The van der Waals surface area contributed by atoms with E-state index in [1.807, 2.05) is 51.5 Å². The topological polar surface area (TPSA) is 98.5 Å². The van der Waals surface area contributed by atoms with E-state index in [-0.39, 0.29) is 25.4 Å². The molecule has 1 saturated heterocycles. The molecule has 0 spiro atoms. The molecule has 2 bridgehead atoms. The molecule has 1 unspecified atom stereocenters. The number of H-pyrrole nitrogens is 1. The second-order valence-corrected chi connectivity index (χ2v) is 11.2. The Bertz CT molecular complexity index is 1530. The number of hydrogen-bond acceptors (Lipinski definition) is 9. The van der Waals surface area contributed by atoms with Crippen LogP contribution in [0.2, 0.25) is 0 Å². The van der Waals surface area contributed by atoms with E-state index in [4.69, 9.17) is 14.6 Å². The third-order valence-electron chi connectivity index (χ3n) is 7.29. The average Bonchev–Trinajstić information content (AvgIpc) is 3.58. The molecule has 1 N–H and O–H groups in total. The van der Waals surface area contributed by atoms with Crippen LogP contribution < -0.4 is 9.47 Å². The van der Waals surface area contributed by atoms with Crippen LogP contribution in [0.15, 0.2) is 24.4 Å². The van der Waals surface area contributed by atoms with Gasteiger partial charge in [-0.15, -0.1) is 5.10 Å². The maximum Gasteiger partial charge on any atom is 0.240 e. The lowest BCUT2D eigenvalue weighted by Crippen LogP contribution is -2.49. The molecule has 3 aromatic heterocycles. The van der Waals surface area contributed by atoms with Gasteiger partial charge in [0.2, 0.25) is 11.8 Å². The average molecular weight is 569 g/mol. The molecule has 0 aliphatic carbocycles. The molecule has 40 heavy (non-hydrogen) atoms. The molecule has 1 fully saturated rings. The maximum atomic E-state index is 12.8. The summed E-state index contributed by atoms with van der Waals surface area (Å²) < 4.78 is 31.4. The van der Waals surface area contributed by atoms with Gasteiger partial charge in [0, 0.05) is 38.6 Å². The minimum absolute atomic E-state index is 0.0381. The van der Waals surface area contributed by atoms with E-state index in [0.29, 0.717) is 24.8 Å². The third kappa shape index (κ3) is 5.21. The number of nitrogens with zero attached hydrogens (tertiary/aromatic N) is 7. The Kier molecular flexibility index (Phi) is 7.53. The number of aromatic nitrogens is 6. The molecule has 11 nitrogen and oxygen atoms in total. The fraction of sp³-hybridized carbons (Fsp3) is 0.444. The standard InChI is InChI=1S/C27H33FN8O3S/c1-17-13-33(2)16-25-20(26(32-36(25)9-10-37-28)39-19-14-35(15-19)40-4)6-8-24-21-11-18(5-7-23(21)30-31-24)22-12-29-34(3)27(22)38-17/h5-8,11-12,17,19H,9-10,13-16H2,1-4H3,(H,30,31)/b8-6+. The van der Waals surface area contributed by atoms with Crippen molar-refractivity contribution >= 4 is 35.0 Å². The van der Waals surface area contributed by atoms with Gasteiger partial charge < -0.3 is 9.47 Å². The molecule has 0 amide bonds. The van der Waals surface area contributed by atoms with E-state index in [9.17, 15) is 4.53 Å². The predicted molar refractivity (Wildman–Crippen MR) is 152 cm³/mol. The maximum absolute atomic E-state index is 12.8. The lowest BCUT2D eigenvalue weighted by molar-refractivity contribution is -0.135. The van der Waals surface area contributed by atoms with Crippen LogP contribution in [0, 0.1) is 0 Å². The fourth-order valence-corrected chi connectivity index (χ4v) is 5.87. The fourth-order valence-electron chi connectivity index (χ4n) is 5.24. The molecule has 6 rings (SSSR count). The number of hydrogen-bond donors (Lipinski definition) is 1. The second-order valence-electron chi connectivity index (χ2n) is 10.3. The number of aryl methyl sites for hydroxylation is 1. The van der Waals surface area contributed by atoms with Gasteiger partial charge in [0.15, 0.2) is 0 Å². The first-order valence-electron chi connectivity index (χ1n) is 13.3. The van der Waals surface area contributed by atoms with Crippen molar-refractivity contribution in [2.75, 3.05) is 39.5 Å². The minimum Gasteiger partial charge on any atom is -0.473 e. The van der Waals surface area contributed by atoms with Crippen LogP contribution in [0.3, 0.4) is 0 Å². The van der Waals surface area contributed by atoms with Crippen LogP contribution in [-0.2, 0) is 25.1 Å². The zero-order valence-corrected chi connectivity index (χ0v) is 23.8. The molecular weight excluding hydrogens is 535 g/mol. The molecule has 2 aliphatic rings. The molecule has 1 aromatic carbocycles. The quantitative estimate of drug-likeness (QED) is 0.349. The first-order chi connectivity index (χ1) is 19.4. The van der Waals surface area contributed by atoms with E-state index >= 15 is 0 Å². The number of likely N-dealkylation sites (N-methyl/N-ethyl adjacent to an activating group) is 1. The normalized spacial score (nSPS) is 19.5. The summed E-state index contributed by atoms with van der Waals surface area (Å²) in [6, 6.07) is 6.13. The molecule has 13 heteroatoms. The highest BCUT2D eigenvalue weighted by Crippen LogP contribution is 2.34. The third-order valence-corrected chi connectivity index (χ3v) is 8.11. The Balaban J connectivity index is 1.46. The van der Waals surface area contributed by atoms with Crippen molar-refractivity contribution in [1.29, 1.82) is 0 Å². The lowest BCUT2D eigenvalue weighted by Gasteiger charge is -2.36. The number of nitrogens with one attached hydrogen (secondary N) is 1. The van der Waals surface area contributed by atoms with E-state index in [1.54, 1.807) is 21.3 Å². The molecule has 212 valence electrons. The van der Waals surface area contributed by atoms with Crippen molar-refractivity contribution in [1.82, 2.24) is 39.0 Å². The van der Waals surface area contributed by atoms with E-state index in [2.05, 4.69) is 41.8 Å². The summed E-state index contributed by atoms with van der Waals surface area (Å²) in [7, 11) is 3.91. The van der Waals surface area contributed by atoms with Gasteiger partial charge in [-0.25, -0.2) is 8.99 Å². The van der Waals surface area contributed by atoms with Crippen LogP contribution in [0.4, 0.5) is 4.53 Å². The smallest absolute Gasteiger partial charge is 0.240 e. The summed E-state index contributed by atoms with van der Waals surface area (Å²) in [5.74, 6) is 1.23. The van der Waals surface area contributed by atoms with Crippen LogP contribution >= 0.6 is 11.9 Å². The Morgan fingerprint density at radius 3 is 2.85 bits per heavy atom. The van der Waals surface area contributed by atoms with Gasteiger partial charge in [-0.1, -0.05) is 18.0 Å². The van der Waals surface area contributed by atoms with Gasteiger partial charge >= 0.3 is 0 Å². The van der Waals surface area contributed by atoms with Crippen molar-refractivity contribution in [3.8, 4) is 22.9 Å². The van der Waals surface area contributed by atoms with E-state index < -0.39 is 0 Å². The number of rotatable bonds is 6. The van der Waals surface area contributed by atoms with E-state index in [0.717, 1.165) is 52.1 Å². The molecular formula is C27H33FN8O3S. The monoisotopic (exact) mass is 568 g/mol. The highest BCUT2D eigenvalue weighted by molar-refractivity contribution is 7.96. The highest BCUT2D eigenvalue weighted by Gasteiger charge is 2.31. The number of halogens is 1. The molecule has 1 atom stereocenters. The molecule has 5 heterocycles. The summed E-state index contributed by atoms with van der Waals surface area (Å²) >= 11 is 1.70. The summed E-state index contributed by atoms with van der Waals surface area (Å²) in [6.45, 7) is 5.01. The number of fused-ring (bicyclic) bond motifs is 4. The second kappa shape index (κ2) is 11.2. The summed E-state index contributed by atoms with van der Waals surface area (Å²) in [5, 5.41) is 17.9. The summed E-state index contributed by atoms with van der Waals surface area (Å²) in [4.78, 5) is 6.08. The van der Waals surface area contributed by atoms with Gasteiger partial charge in [0.25, 0.3) is 0 Å². The number of benzene rings is 1. The highest BCUT2D eigenvalue weighted by atomic mass is 32.2. The Morgan fingerprint density at radius 1 is 1.20 bits per heavy atom. The number of ether oxygens (including phenoxy) is 2. The molecule has 0 saturated carbocycles. The van der Waals surface area contributed by atoms with Gasteiger partial charge in [0.1, 0.15) is 18.8 Å². The first-order valence-corrected chi connectivity index (χ1v) is 14.4. The SMILES string of the molecule is CSN1CC(Oc2nn(CCOF)c3c2/C=C/c2[nH]nc4ccc(cc24)-c2cnn(C)c2OC(C)CN(C)C3)C1. The minimum atomic E-state index is -0.134. The van der Waals surface area contributed by atoms with Gasteiger partial charge in [-0.2, -0.15) is 15.1 Å². The number of aromatic amines is 1.